The smallest absolute Gasteiger partial charge is 0.0235 e. The molecule has 16 heavy (non-hydrogen) atoms. The van der Waals surface area contributed by atoms with E-state index in [0.717, 1.165) is 6.42 Å². The quantitative estimate of drug-likeness (QED) is 0.659. The molecule has 1 heteroatoms. The van der Waals surface area contributed by atoms with E-state index in [1.165, 1.54) is 11.1 Å². The summed E-state index contributed by atoms with van der Waals surface area (Å²) in [5, 5.41) is 0. The second-order valence-electron chi connectivity index (χ2n) is 7.17. The molecule has 0 fully saturated rings. The van der Waals surface area contributed by atoms with Crippen molar-refractivity contribution in [3.8, 4) is 0 Å². The summed E-state index contributed by atoms with van der Waals surface area (Å²) in [5.74, 6) is 0.502. The summed E-state index contributed by atoms with van der Waals surface area (Å²) in [6.45, 7) is 17.9. The van der Waals surface area contributed by atoms with Gasteiger partial charge >= 0.3 is 0 Å². The molecular weight excluding hydrogens is 194 g/mol. The van der Waals surface area contributed by atoms with Crippen molar-refractivity contribution in [3.05, 3.63) is 23.8 Å². The Morgan fingerprint density at radius 1 is 1.19 bits per heavy atom. The molecule has 0 spiro atoms. The maximum atomic E-state index is 6.15. The SMILES string of the molecule is C=C1C(C(C)(C)C)=CC(N)CC1C(C)(C)C. The van der Waals surface area contributed by atoms with Gasteiger partial charge < -0.3 is 5.73 Å². The van der Waals surface area contributed by atoms with Crippen molar-refractivity contribution < 1.29 is 0 Å². The van der Waals surface area contributed by atoms with Gasteiger partial charge in [0.25, 0.3) is 0 Å². The molecule has 0 heterocycles. The normalized spacial score (nSPS) is 27.9. The average Bonchev–Trinajstić information content (AvgIpc) is 2.04. The van der Waals surface area contributed by atoms with Crippen LogP contribution in [0.1, 0.15) is 48.0 Å². The molecule has 0 aromatic rings. The molecule has 0 aromatic carbocycles. The highest BCUT2D eigenvalue weighted by molar-refractivity contribution is 5.39. The molecule has 2 N–H and O–H groups in total. The third-order valence-electron chi connectivity index (χ3n) is 3.51. The molecule has 0 radical (unpaired) electrons. The van der Waals surface area contributed by atoms with E-state index in [-0.39, 0.29) is 16.9 Å². The first-order valence-corrected chi connectivity index (χ1v) is 6.20. The molecular formula is C15H27N. The van der Waals surface area contributed by atoms with Crippen LogP contribution in [-0.4, -0.2) is 6.04 Å². The van der Waals surface area contributed by atoms with Crippen LogP contribution < -0.4 is 5.73 Å². The molecule has 1 rings (SSSR count). The Labute approximate surface area is 101 Å². The maximum Gasteiger partial charge on any atom is 0.0235 e. The zero-order valence-electron chi connectivity index (χ0n) is 11.7. The van der Waals surface area contributed by atoms with Gasteiger partial charge in [0.2, 0.25) is 0 Å². The molecule has 0 aliphatic heterocycles. The van der Waals surface area contributed by atoms with Gasteiger partial charge in [0.05, 0.1) is 0 Å². The van der Waals surface area contributed by atoms with Gasteiger partial charge in [-0.05, 0) is 34.3 Å². The van der Waals surface area contributed by atoms with Crippen LogP contribution in [0.15, 0.2) is 23.8 Å². The Balaban J connectivity index is 3.10. The van der Waals surface area contributed by atoms with Crippen molar-refractivity contribution in [1.29, 1.82) is 0 Å². The fourth-order valence-corrected chi connectivity index (χ4v) is 2.60. The van der Waals surface area contributed by atoms with Gasteiger partial charge in [-0.1, -0.05) is 54.2 Å². The van der Waals surface area contributed by atoms with E-state index in [1.54, 1.807) is 0 Å². The Bertz CT molecular complexity index is 309. The van der Waals surface area contributed by atoms with E-state index in [1.807, 2.05) is 0 Å². The molecule has 0 aromatic heterocycles. The molecule has 92 valence electrons. The molecule has 0 amide bonds. The van der Waals surface area contributed by atoms with Gasteiger partial charge in [-0.2, -0.15) is 0 Å². The molecule has 2 atom stereocenters. The summed E-state index contributed by atoms with van der Waals surface area (Å²) < 4.78 is 0. The Kier molecular flexibility index (Phi) is 3.40. The lowest BCUT2D eigenvalue weighted by Gasteiger charge is -2.41. The van der Waals surface area contributed by atoms with Gasteiger partial charge in [0.15, 0.2) is 0 Å². The highest BCUT2D eigenvalue weighted by Crippen LogP contribution is 2.45. The molecule has 1 aliphatic rings. The average molecular weight is 221 g/mol. The molecule has 0 bridgehead atoms. The fourth-order valence-electron chi connectivity index (χ4n) is 2.60. The van der Waals surface area contributed by atoms with Crippen molar-refractivity contribution in [2.24, 2.45) is 22.5 Å². The van der Waals surface area contributed by atoms with E-state index in [4.69, 9.17) is 5.73 Å². The predicted octanol–water partition coefficient (Wildman–Crippen LogP) is 3.91. The summed E-state index contributed by atoms with van der Waals surface area (Å²) in [7, 11) is 0. The number of hydrogen-bond donors (Lipinski definition) is 1. The van der Waals surface area contributed by atoms with Crippen LogP contribution in [-0.2, 0) is 0 Å². The zero-order valence-corrected chi connectivity index (χ0v) is 11.7. The van der Waals surface area contributed by atoms with Gasteiger partial charge in [0, 0.05) is 6.04 Å². The number of allylic oxidation sites excluding steroid dienone is 2. The third-order valence-corrected chi connectivity index (χ3v) is 3.51. The molecule has 0 saturated heterocycles. The minimum Gasteiger partial charge on any atom is -0.324 e. The van der Waals surface area contributed by atoms with E-state index in [2.05, 4.69) is 54.2 Å². The van der Waals surface area contributed by atoms with Crippen LogP contribution in [0.2, 0.25) is 0 Å². The third kappa shape index (κ3) is 2.76. The van der Waals surface area contributed by atoms with Crippen LogP contribution in [0.3, 0.4) is 0 Å². The summed E-state index contributed by atoms with van der Waals surface area (Å²) in [5.41, 5.74) is 9.20. The van der Waals surface area contributed by atoms with Crippen LogP contribution >= 0.6 is 0 Å². The monoisotopic (exact) mass is 221 g/mol. The minimum absolute atomic E-state index is 0.151. The zero-order chi connectivity index (χ0) is 12.7. The number of hydrogen-bond acceptors (Lipinski definition) is 1. The summed E-state index contributed by atoms with van der Waals surface area (Å²) in [4.78, 5) is 0. The molecule has 1 nitrogen and oxygen atoms in total. The Morgan fingerprint density at radius 2 is 1.69 bits per heavy atom. The van der Waals surface area contributed by atoms with Crippen molar-refractivity contribution in [2.75, 3.05) is 0 Å². The summed E-state index contributed by atoms with van der Waals surface area (Å²) in [6.07, 6.45) is 3.24. The highest BCUT2D eigenvalue weighted by atomic mass is 14.6. The fraction of sp³-hybridized carbons (Fsp3) is 0.733. The largest absolute Gasteiger partial charge is 0.324 e. The van der Waals surface area contributed by atoms with Gasteiger partial charge in [0.1, 0.15) is 0 Å². The Hall–Kier alpha value is -0.560. The lowest BCUT2D eigenvalue weighted by atomic mass is 9.64. The molecule has 0 saturated carbocycles. The molecule has 2 unspecified atom stereocenters. The first-order valence-electron chi connectivity index (χ1n) is 6.20. The van der Waals surface area contributed by atoms with Gasteiger partial charge in [-0.25, -0.2) is 0 Å². The van der Waals surface area contributed by atoms with Crippen molar-refractivity contribution in [3.63, 3.8) is 0 Å². The highest BCUT2D eigenvalue weighted by Gasteiger charge is 2.36. The van der Waals surface area contributed by atoms with E-state index in [0.29, 0.717) is 5.92 Å². The topological polar surface area (TPSA) is 26.0 Å². The van der Waals surface area contributed by atoms with E-state index < -0.39 is 0 Å². The van der Waals surface area contributed by atoms with Gasteiger partial charge in [-0.15, -0.1) is 0 Å². The van der Waals surface area contributed by atoms with E-state index in [9.17, 15) is 0 Å². The Morgan fingerprint density at radius 3 is 2.06 bits per heavy atom. The minimum atomic E-state index is 0.151. The first-order chi connectivity index (χ1) is 7.03. The van der Waals surface area contributed by atoms with Crippen LogP contribution in [0, 0.1) is 16.7 Å². The van der Waals surface area contributed by atoms with Crippen molar-refractivity contribution in [2.45, 2.75) is 54.0 Å². The number of nitrogens with two attached hydrogens (primary N) is 1. The maximum absolute atomic E-state index is 6.15. The standard InChI is InChI=1S/C15H27N/c1-10-12(14(2,3)4)8-11(16)9-13(10)15(5,6)7/h8,11,13H,1,9,16H2,2-7H3. The summed E-state index contributed by atoms with van der Waals surface area (Å²) in [6, 6.07) is 0.184. The second-order valence-corrected chi connectivity index (χ2v) is 7.17. The predicted molar refractivity (Wildman–Crippen MR) is 72.2 cm³/mol. The van der Waals surface area contributed by atoms with E-state index >= 15 is 0 Å². The number of rotatable bonds is 0. The summed E-state index contributed by atoms with van der Waals surface area (Å²) >= 11 is 0. The lowest BCUT2D eigenvalue weighted by molar-refractivity contribution is 0.247. The van der Waals surface area contributed by atoms with Crippen LogP contribution in [0.4, 0.5) is 0 Å². The molecule has 1 aliphatic carbocycles. The van der Waals surface area contributed by atoms with Crippen molar-refractivity contribution in [1.82, 2.24) is 0 Å². The lowest BCUT2D eigenvalue weighted by Crippen LogP contribution is -2.36. The van der Waals surface area contributed by atoms with Crippen LogP contribution in [0.5, 0.6) is 0 Å². The van der Waals surface area contributed by atoms with Crippen molar-refractivity contribution >= 4 is 0 Å². The van der Waals surface area contributed by atoms with Crippen LogP contribution in [0.25, 0.3) is 0 Å². The second kappa shape index (κ2) is 4.03. The first kappa shape index (κ1) is 13.5. The van der Waals surface area contributed by atoms with Gasteiger partial charge in [-0.3, -0.25) is 0 Å².